The van der Waals surface area contributed by atoms with Crippen molar-refractivity contribution in [2.75, 3.05) is 18.1 Å². The van der Waals surface area contributed by atoms with Crippen LogP contribution in [-0.2, 0) is 6.42 Å². The number of thioether (sulfide) groups is 1. The van der Waals surface area contributed by atoms with Crippen LogP contribution in [0.5, 0.6) is 0 Å². The van der Waals surface area contributed by atoms with Crippen molar-refractivity contribution in [1.82, 2.24) is 5.32 Å². The molecular formula is C18H23NS. The Bertz CT molecular complexity index is 555. The first-order valence-electron chi connectivity index (χ1n) is 7.66. The Kier molecular flexibility index (Phi) is 4.64. The SMILES string of the molecule is CCNC(Cc1cccc2ccccc12)C1CCSC1. The zero-order valence-corrected chi connectivity index (χ0v) is 13.0. The summed E-state index contributed by atoms with van der Waals surface area (Å²) in [5.41, 5.74) is 1.49. The van der Waals surface area contributed by atoms with Crippen LogP contribution >= 0.6 is 11.8 Å². The van der Waals surface area contributed by atoms with E-state index in [2.05, 4.69) is 66.5 Å². The van der Waals surface area contributed by atoms with Crippen LogP contribution in [0.1, 0.15) is 18.9 Å². The van der Waals surface area contributed by atoms with Gasteiger partial charge in [-0.1, -0.05) is 49.4 Å². The first kappa shape index (κ1) is 14.0. The molecule has 1 nitrogen and oxygen atoms in total. The minimum absolute atomic E-state index is 0.626. The Labute approximate surface area is 126 Å². The van der Waals surface area contributed by atoms with Gasteiger partial charge < -0.3 is 5.32 Å². The predicted octanol–water partition coefficient (Wildman–Crippen LogP) is 4.11. The summed E-state index contributed by atoms with van der Waals surface area (Å²) in [6.45, 7) is 3.29. The van der Waals surface area contributed by atoms with E-state index in [9.17, 15) is 0 Å². The maximum atomic E-state index is 3.72. The zero-order chi connectivity index (χ0) is 13.8. The number of hydrogen-bond acceptors (Lipinski definition) is 2. The number of nitrogens with one attached hydrogen (secondary N) is 1. The molecule has 1 fully saturated rings. The Morgan fingerprint density at radius 2 is 2.05 bits per heavy atom. The van der Waals surface area contributed by atoms with Crippen LogP contribution in [0.3, 0.4) is 0 Å². The second-order valence-electron chi connectivity index (χ2n) is 5.63. The molecule has 1 aliphatic rings. The number of hydrogen-bond donors (Lipinski definition) is 1. The van der Waals surface area contributed by atoms with Gasteiger partial charge in [-0.15, -0.1) is 0 Å². The molecule has 1 saturated heterocycles. The maximum Gasteiger partial charge on any atom is 0.0144 e. The van der Waals surface area contributed by atoms with Crippen molar-refractivity contribution >= 4 is 22.5 Å². The van der Waals surface area contributed by atoms with E-state index in [0.717, 1.165) is 18.9 Å². The van der Waals surface area contributed by atoms with Crippen molar-refractivity contribution < 1.29 is 0 Å². The highest BCUT2D eigenvalue weighted by Gasteiger charge is 2.25. The first-order valence-corrected chi connectivity index (χ1v) is 8.81. The van der Waals surface area contributed by atoms with Crippen molar-refractivity contribution in [3.63, 3.8) is 0 Å². The van der Waals surface area contributed by atoms with Gasteiger partial charge in [0, 0.05) is 6.04 Å². The van der Waals surface area contributed by atoms with Gasteiger partial charge in [-0.3, -0.25) is 0 Å². The Morgan fingerprint density at radius 1 is 1.20 bits per heavy atom. The van der Waals surface area contributed by atoms with Gasteiger partial charge in [0.15, 0.2) is 0 Å². The van der Waals surface area contributed by atoms with Crippen LogP contribution < -0.4 is 5.32 Å². The van der Waals surface area contributed by atoms with E-state index >= 15 is 0 Å². The minimum atomic E-state index is 0.626. The minimum Gasteiger partial charge on any atom is -0.314 e. The molecule has 1 aliphatic heterocycles. The van der Waals surface area contributed by atoms with Gasteiger partial charge in [0.1, 0.15) is 0 Å². The van der Waals surface area contributed by atoms with Gasteiger partial charge in [-0.25, -0.2) is 0 Å². The lowest BCUT2D eigenvalue weighted by Crippen LogP contribution is -2.38. The second kappa shape index (κ2) is 6.64. The fraction of sp³-hybridized carbons (Fsp3) is 0.444. The fourth-order valence-corrected chi connectivity index (χ4v) is 4.58. The summed E-state index contributed by atoms with van der Waals surface area (Å²) < 4.78 is 0. The summed E-state index contributed by atoms with van der Waals surface area (Å²) in [7, 11) is 0. The quantitative estimate of drug-likeness (QED) is 0.887. The number of benzene rings is 2. The molecule has 1 heterocycles. The third kappa shape index (κ3) is 3.02. The Balaban J connectivity index is 1.86. The molecule has 0 aromatic heterocycles. The molecule has 0 spiro atoms. The summed E-state index contributed by atoms with van der Waals surface area (Å²) in [6, 6.07) is 16.1. The molecule has 106 valence electrons. The second-order valence-corrected chi connectivity index (χ2v) is 6.78. The molecule has 2 aromatic rings. The van der Waals surface area contributed by atoms with Gasteiger partial charge in [-0.05, 0) is 53.1 Å². The lowest BCUT2D eigenvalue weighted by Gasteiger charge is -2.24. The van der Waals surface area contributed by atoms with Crippen molar-refractivity contribution in [3.05, 3.63) is 48.0 Å². The van der Waals surface area contributed by atoms with E-state index in [-0.39, 0.29) is 0 Å². The smallest absolute Gasteiger partial charge is 0.0144 e. The van der Waals surface area contributed by atoms with E-state index in [1.54, 1.807) is 0 Å². The summed E-state index contributed by atoms with van der Waals surface area (Å²) in [4.78, 5) is 0. The van der Waals surface area contributed by atoms with Crippen LogP contribution in [0.15, 0.2) is 42.5 Å². The molecule has 2 atom stereocenters. The Morgan fingerprint density at radius 3 is 2.85 bits per heavy atom. The highest BCUT2D eigenvalue weighted by molar-refractivity contribution is 7.99. The van der Waals surface area contributed by atoms with Gasteiger partial charge >= 0.3 is 0 Å². The van der Waals surface area contributed by atoms with E-state index in [1.807, 2.05) is 0 Å². The van der Waals surface area contributed by atoms with E-state index in [4.69, 9.17) is 0 Å². The van der Waals surface area contributed by atoms with Crippen LogP contribution in [0.25, 0.3) is 10.8 Å². The summed E-state index contributed by atoms with van der Waals surface area (Å²) in [6.07, 6.45) is 2.52. The summed E-state index contributed by atoms with van der Waals surface area (Å²) >= 11 is 2.11. The topological polar surface area (TPSA) is 12.0 Å². The van der Waals surface area contributed by atoms with Gasteiger partial charge in [0.05, 0.1) is 0 Å². The van der Waals surface area contributed by atoms with Gasteiger partial charge in [-0.2, -0.15) is 11.8 Å². The molecule has 2 aromatic carbocycles. The Hall–Kier alpha value is -0.990. The molecule has 0 saturated carbocycles. The lowest BCUT2D eigenvalue weighted by molar-refractivity contribution is 0.388. The highest BCUT2D eigenvalue weighted by atomic mass is 32.2. The summed E-state index contributed by atoms with van der Waals surface area (Å²) in [5, 5.41) is 6.51. The fourth-order valence-electron chi connectivity index (χ4n) is 3.25. The van der Waals surface area contributed by atoms with Crippen molar-refractivity contribution in [2.24, 2.45) is 5.92 Å². The molecule has 0 aliphatic carbocycles. The molecule has 2 heteroatoms. The van der Waals surface area contributed by atoms with Crippen LogP contribution in [-0.4, -0.2) is 24.1 Å². The zero-order valence-electron chi connectivity index (χ0n) is 12.1. The van der Waals surface area contributed by atoms with E-state index in [0.29, 0.717) is 6.04 Å². The molecule has 3 rings (SSSR count). The van der Waals surface area contributed by atoms with Gasteiger partial charge in [0.25, 0.3) is 0 Å². The average molecular weight is 285 g/mol. The predicted molar refractivity (Wildman–Crippen MR) is 90.5 cm³/mol. The molecule has 0 bridgehead atoms. The number of likely N-dealkylation sites (N-methyl/N-ethyl adjacent to an activating group) is 1. The molecule has 0 amide bonds. The van der Waals surface area contributed by atoms with Crippen LogP contribution in [0, 0.1) is 5.92 Å². The van der Waals surface area contributed by atoms with E-state index in [1.165, 1.54) is 34.3 Å². The van der Waals surface area contributed by atoms with Crippen molar-refractivity contribution in [2.45, 2.75) is 25.8 Å². The van der Waals surface area contributed by atoms with Crippen molar-refractivity contribution in [3.8, 4) is 0 Å². The standard InChI is InChI=1S/C18H23NS/c1-2-19-18(16-10-11-20-13-16)12-15-8-5-7-14-6-3-4-9-17(14)15/h3-9,16,18-19H,2,10-13H2,1H3. The molecule has 0 radical (unpaired) electrons. The molecule has 1 N–H and O–H groups in total. The average Bonchev–Trinajstić information content (AvgIpc) is 3.01. The highest BCUT2D eigenvalue weighted by Crippen LogP contribution is 2.29. The van der Waals surface area contributed by atoms with E-state index < -0.39 is 0 Å². The molecule has 20 heavy (non-hydrogen) atoms. The number of rotatable bonds is 5. The normalized spacial score (nSPS) is 20.4. The van der Waals surface area contributed by atoms with Gasteiger partial charge in [0.2, 0.25) is 0 Å². The maximum absolute atomic E-state index is 3.72. The third-order valence-electron chi connectivity index (χ3n) is 4.32. The number of fused-ring (bicyclic) bond motifs is 1. The largest absolute Gasteiger partial charge is 0.314 e. The monoisotopic (exact) mass is 285 g/mol. The molecule has 2 unspecified atom stereocenters. The van der Waals surface area contributed by atoms with Crippen LogP contribution in [0.2, 0.25) is 0 Å². The molecular weight excluding hydrogens is 262 g/mol. The summed E-state index contributed by atoms with van der Waals surface area (Å²) in [5.74, 6) is 3.49. The van der Waals surface area contributed by atoms with Crippen molar-refractivity contribution in [1.29, 1.82) is 0 Å². The third-order valence-corrected chi connectivity index (χ3v) is 5.51. The lowest BCUT2D eigenvalue weighted by atomic mass is 9.91. The first-order chi connectivity index (χ1) is 9.88. The van der Waals surface area contributed by atoms with Crippen LogP contribution in [0.4, 0.5) is 0 Å².